The maximum absolute atomic E-state index is 12.3. The van der Waals surface area contributed by atoms with E-state index in [9.17, 15) is 4.79 Å². The lowest BCUT2D eigenvalue weighted by molar-refractivity contribution is 0.378. The lowest BCUT2D eigenvalue weighted by atomic mass is 10.1. The van der Waals surface area contributed by atoms with E-state index in [1.165, 1.54) is 0 Å². The molecule has 0 radical (unpaired) electrons. The van der Waals surface area contributed by atoms with Crippen molar-refractivity contribution in [3.8, 4) is 0 Å². The second kappa shape index (κ2) is 6.30. The molecule has 0 bridgehead atoms. The van der Waals surface area contributed by atoms with E-state index in [2.05, 4.69) is 15.6 Å². The van der Waals surface area contributed by atoms with Gasteiger partial charge in [-0.2, -0.15) is 0 Å². The summed E-state index contributed by atoms with van der Waals surface area (Å²) >= 11 is 0. The Balaban J connectivity index is 2.14. The topological polar surface area (TPSA) is 59.0 Å². The summed E-state index contributed by atoms with van der Waals surface area (Å²) in [6.45, 7) is 9.73. The van der Waals surface area contributed by atoms with Gasteiger partial charge in [-0.15, -0.1) is 0 Å². The average Bonchev–Trinajstić information content (AvgIpc) is 2.44. The van der Waals surface area contributed by atoms with Crippen LogP contribution in [-0.2, 0) is 13.0 Å². The van der Waals surface area contributed by atoms with Crippen LogP contribution < -0.4 is 16.2 Å². The highest BCUT2D eigenvalue weighted by atomic mass is 16.1. The second-order valence-corrected chi connectivity index (χ2v) is 5.18. The van der Waals surface area contributed by atoms with Gasteiger partial charge in [-0.1, -0.05) is 6.92 Å². The van der Waals surface area contributed by atoms with Crippen LogP contribution in [0.25, 0.3) is 0 Å². The monoisotopic (exact) mass is 264 g/mol. The molecule has 19 heavy (non-hydrogen) atoms. The molecule has 1 atom stereocenters. The van der Waals surface area contributed by atoms with Crippen LogP contribution in [-0.4, -0.2) is 35.2 Å². The zero-order valence-electron chi connectivity index (χ0n) is 12.1. The van der Waals surface area contributed by atoms with Gasteiger partial charge >= 0.3 is 0 Å². The highest BCUT2D eigenvalue weighted by Gasteiger charge is 2.14. The second-order valence-electron chi connectivity index (χ2n) is 5.18. The molecule has 0 amide bonds. The van der Waals surface area contributed by atoms with Crippen LogP contribution >= 0.6 is 0 Å². The first kappa shape index (κ1) is 14.2. The molecular weight excluding hydrogens is 240 g/mol. The van der Waals surface area contributed by atoms with E-state index in [1.54, 1.807) is 0 Å². The Hall–Kier alpha value is -1.20. The van der Waals surface area contributed by atoms with Gasteiger partial charge in [0.2, 0.25) is 0 Å². The predicted molar refractivity (Wildman–Crippen MR) is 76.6 cm³/mol. The largest absolute Gasteiger partial charge is 0.314 e. The number of aryl methyl sites for hydroxylation is 2. The van der Waals surface area contributed by atoms with Gasteiger partial charge in [-0.25, -0.2) is 0 Å². The fourth-order valence-corrected chi connectivity index (χ4v) is 2.54. The van der Waals surface area contributed by atoms with Gasteiger partial charge in [-0.05, 0) is 26.7 Å². The van der Waals surface area contributed by atoms with Crippen molar-refractivity contribution in [1.82, 2.24) is 20.2 Å². The summed E-state index contributed by atoms with van der Waals surface area (Å²) in [5.74, 6) is 0. The molecule has 1 saturated heterocycles. The maximum atomic E-state index is 12.3. The van der Waals surface area contributed by atoms with E-state index in [-0.39, 0.29) is 5.56 Å². The van der Waals surface area contributed by atoms with Crippen molar-refractivity contribution in [2.45, 2.75) is 46.2 Å². The smallest absolute Gasteiger partial charge is 0.272 e. The van der Waals surface area contributed by atoms with Gasteiger partial charge in [0.25, 0.3) is 5.56 Å². The fourth-order valence-electron chi connectivity index (χ4n) is 2.54. The molecule has 1 aliphatic rings. The Labute approximate surface area is 114 Å². The third-order valence-electron chi connectivity index (χ3n) is 3.88. The van der Waals surface area contributed by atoms with E-state index < -0.39 is 0 Å². The van der Waals surface area contributed by atoms with Crippen molar-refractivity contribution < 1.29 is 0 Å². The van der Waals surface area contributed by atoms with Crippen molar-refractivity contribution in [3.05, 3.63) is 27.4 Å². The Morgan fingerprint density at radius 3 is 2.79 bits per heavy atom. The summed E-state index contributed by atoms with van der Waals surface area (Å²) in [5, 5.41) is 6.85. The number of aromatic nitrogens is 2. The molecule has 0 spiro atoms. The van der Waals surface area contributed by atoms with E-state index >= 15 is 0 Å². The minimum Gasteiger partial charge on any atom is -0.314 e. The van der Waals surface area contributed by atoms with Gasteiger partial charge in [0.05, 0.1) is 5.69 Å². The van der Waals surface area contributed by atoms with E-state index in [1.807, 2.05) is 25.3 Å². The number of hydrogen-bond acceptors (Lipinski definition) is 4. The van der Waals surface area contributed by atoms with Crippen molar-refractivity contribution in [2.24, 2.45) is 0 Å². The summed E-state index contributed by atoms with van der Waals surface area (Å²) < 4.78 is 1.89. The molecule has 106 valence electrons. The van der Waals surface area contributed by atoms with Gasteiger partial charge in [0.15, 0.2) is 0 Å². The minimum absolute atomic E-state index is 0.0781. The van der Waals surface area contributed by atoms with Crippen molar-refractivity contribution in [3.63, 3.8) is 0 Å². The summed E-state index contributed by atoms with van der Waals surface area (Å²) in [4.78, 5) is 16.7. The number of rotatable bonds is 4. The highest BCUT2D eigenvalue weighted by molar-refractivity contribution is 5.13. The molecule has 0 aromatic carbocycles. The van der Waals surface area contributed by atoms with Crippen LogP contribution in [0.1, 0.15) is 30.4 Å². The molecule has 1 unspecified atom stereocenters. The summed E-state index contributed by atoms with van der Waals surface area (Å²) in [6, 6.07) is 0.457. The highest BCUT2D eigenvalue weighted by Crippen LogP contribution is 2.05. The Morgan fingerprint density at radius 2 is 2.16 bits per heavy atom. The van der Waals surface area contributed by atoms with E-state index in [0.717, 1.165) is 44.0 Å². The number of nitrogens with zero attached hydrogens (tertiary/aromatic N) is 2. The molecule has 1 aromatic heterocycles. The van der Waals surface area contributed by atoms with Crippen LogP contribution in [0.5, 0.6) is 0 Å². The first-order valence-electron chi connectivity index (χ1n) is 7.14. The van der Waals surface area contributed by atoms with Crippen molar-refractivity contribution >= 4 is 0 Å². The third kappa shape index (κ3) is 3.22. The van der Waals surface area contributed by atoms with Crippen LogP contribution in [0.15, 0.2) is 4.79 Å². The molecule has 1 aromatic rings. The Morgan fingerprint density at radius 1 is 1.37 bits per heavy atom. The predicted octanol–water partition coefficient (Wildman–Crippen LogP) is 0.374. The molecule has 1 fully saturated rings. The van der Waals surface area contributed by atoms with Crippen LogP contribution in [0.2, 0.25) is 0 Å². The van der Waals surface area contributed by atoms with Gasteiger partial charge in [0, 0.05) is 37.9 Å². The van der Waals surface area contributed by atoms with Crippen LogP contribution in [0.3, 0.4) is 0 Å². The molecular formula is C14H24N4O. The summed E-state index contributed by atoms with van der Waals surface area (Å²) in [7, 11) is 0. The number of nitrogens with one attached hydrogen (secondary N) is 2. The van der Waals surface area contributed by atoms with Gasteiger partial charge < -0.3 is 15.2 Å². The molecule has 2 rings (SSSR count). The standard InChI is InChI=1S/C14H24N4O/c1-4-13-14(19)18(11(3)10(2)17-13)8-5-12-9-15-6-7-16-12/h12,15-16H,4-9H2,1-3H3. The maximum Gasteiger partial charge on any atom is 0.272 e. The van der Waals surface area contributed by atoms with Crippen molar-refractivity contribution in [1.29, 1.82) is 0 Å². The first-order valence-corrected chi connectivity index (χ1v) is 7.14. The first-order chi connectivity index (χ1) is 9.13. The number of hydrogen-bond donors (Lipinski definition) is 2. The molecule has 1 aliphatic heterocycles. The van der Waals surface area contributed by atoms with Crippen LogP contribution in [0, 0.1) is 13.8 Å². The molecule has 5 heteroatoms. The van der Waals surface area contributed by atoms with E-state index in [0.29, 0.717) is 18.2 Å². The van der Waals surface area contributed by atoms with Gasteiger partial charge in [-0.3, -0.25) is 9.78 Å². The Bertz CT molecular complexity index is 489. The summed E-state index contributed by atoms with van der Waals surface area (Å²) in [5.41, 5.74) is 2.71. The molecule has 5 nitrogen and oxygen atoms in total. The van der Waals surface area contributed by atoms with Gasteiger partial charge in [0.1, 0.15) is 5.69 Å². The third-order valence-corrected chi connectivity index (χ3v) is 3.88. The Kier molecular flexibility index (Phi) is 4.71. The molecule has 2 N–H and O–H groups in total. The average molecular weight is 264 g/mol. The van der Waals surface area contributed by atoms with E-state index in [4.69, 9.17) is 0 Å². The SMILES string of the molecule is CCc1nc(C)c(C)n(CCC2CNCCN2)c1=O. The summed E-state index contributed by atoms with van der Waals surface area (Å²) in [6.07, 6.45) is 1.67. The normalized spacial score (nSPS) is 19.6. The minimum atomic E-state index is 0.0781. The lowest BCUT2D eigenvalue weighted by Gasteiger charge is -2.25. The van der Waals surface area contributed by atoms with Crippen LogP contribution in [0.4, 0.5) is 0 Å². The molecule has 0 saturated carbocycles. The van der Waals surface area contributed by atoms with Crippen molar-refractivity contribution in [2.75, 3.05) is 19.6 Å². The molecule has 2 heterocycles. The quantitative estimate of drug-likeness (QED) is 0.825. The zero-order valence-corrected chi connectivity index (χ0v) is 12.1. The fraction of sp³-hybridized carbons (Fsp3) is 0.714. The number of piperazine rings is 1. The zero-order chi connectivity index (χ0) is 13.8. The lowest BCUT2D eigenvalue weighted by Crippen LogP contribution is -2.48. The molecule has 0 aliphatic carbocycles.